The van der Waals surface area contributed by atoms with Crippen LogP contribution in [-0.2, 0) is 20.9 Å². The van der Waals surface area contributed by atoms with Crippen LogP contribution in [0.5, 0.6) is 0 Å². The summed E-state index contributed by atoms with van der Waals surface area (Å²) >= 11 is 0. The first-order chi connectivity index (χ1) is 16.4. The van der Waals surface area contributed by atoms with Gasteiger partial charge in [0.1, 0.15) is 0 Å². The molecule has 1 aromatic carbocycles. The molecule has 4 rings (SSSR count). The molecule has 0 unspecified atom stereocenters. The topological polar surface area (TPSA) is 86.4 Å². The third-order valence-electron chi connectivity index (χ3n) is 6.71. The van der Waals surface area contributed by atoms with Crippen LogP contribution in [0.4, 0.5) is 0 Å². The van der Waals surface area contributed by atoms with E-state index in [2.05, 4.69) is 9.67 Å². The van der Waals surface area contributed by atoms with Crippen LogP contribution in [0.3, 0.4) is 0 Å². The van der Waals surface area contributed by atoms with Gasteiger partial charge in [-0.3, -0.25) is 14.4 Å². The molecule has 1 saturated heterocycles. The smallest absolute Gasteiger partial charge is 0.310 e. The Morgan fingerprint density at radius 2 is 1.91 bits per heavy atom. The molecule has 8 heteroatoms. The van der Waals surface area contributed by atoms with E-state index >= 15 is 0 Å². The van der Waals surface area contributed by atoms with Gasteiger partial charge in [0.2, 0.25) is 5.91 Å². The summed E-state index contributed by atoms with van der Waals surface area (Å²) in [6.45, 7) is 7.85. The molecule has 8 nitrogen and oxygen atoms in total. The summed E-state index contributed by atoms with van der Waals surface area (Å²) in [5.74, 6) is -0.370. The lowest BCUT2D eigenvalue weighted by Crippen LogP contribution is -2.42. The molecule has 0 spiro atoms. The standard InChI is InChI=1S/C26H32N4O4/c1-4-34-26(33)20-10-8-14-28(17-20)23(31)13-9-15-29-18(2)22-16-27-30(21-11-6-5-7-12-21)25(32)24(22)19(29)3/h5-7,11-12,16,20H,4,8-10,13-15,17H2,1-3H3/t20-/m1/s1. The average molecular weight is 465 g/mol. The molecular weight excluding hydrogens is 432 g/mol. The Kier molecular flexibility index (Phi) is 7.14. The number of hydrogen-bond donors (Lipinski definition) is 0. The summed E-state index contributed by atoms with van der Waals surface area (Å²) in [5.41, 5.74) is 2.45. The van der Waals surface area contributed by atoms with Crippen LogP contribution in [0.25, 0.3) is 16.5 Å². The summed E-state index contributed by atoms with van der Waals surface area (Å²) in [4.78, 5) is 39.9. The Hall–Kier alpha value is -3.42. The highest BCUT2D eigenvalue weighted by Gasteiger charge is 2.29. The van der Waals surface area contributed by atoms with Gasteiger partial charge in [0.05, 0.1) is 29.8 Å². The van der Waals surface area contributed by atoms with Crippen LogP contribution < -0.4 is 5.56 Å². The summed E-state index contributed by atoms with van der Waals surface area (Å²) in [6, 6.07) is 9.38. The van der Waals surface area contributed by atoms with Crippen molar-refractivity contribution in [2.75, 3.05) is 19.7 Å². The predicted octanol–water partition coefficient (Wildman–Crippen LogP) is 3.39. The molecule has 2 aromatic heterocycles. The lowest BCUT2D eigenvalue weighted by molar-refractivity contribution is -0.151. The van der Waals surface area contributed by atoms with E-state index in [4.69, 9.17) is 4.74 Å². The van der Waals surface area contributed by atoms with Crippen LogP contribution in [0, 0.1) is 19.8 Å². The van der Waals surface area contributed by atoms with Crippen LogP contribution >= 0.6 is 0 Å². The van der Waals surface area contributed by atoms with Crippen molar-refractivity contribution in [3.8, 4) is 5.69 Å². The zero-order chi connectivity index (χ0) is 24.2. The minimum atomic E-state index is -0.226. The third-order valence-corrected chi connectivity index (χ3v) is 6.71. The summed E-state index contributed by atoms with van der Waals surface area (Å²) in [5, 5.41) is 5.89. The molecule has 3 aromatic rings. The normalized spacial score (nSPS) is 16.1. The van der Waals surface area contributed by atoms with E-state index in [1.807, 2.05) is 44.2 Å². The fourth-order valence-electron chi connectivity index (χ4n) is 4.90. The molecule has 180 valence electrons. The van der Waals surface area contributed by atoms with Crippen LogP contribution in [0.1, 0.15) is 44.0 Å². The number of fused-ring (bicyclic) bond motifs is 1. The number of para-hydroxylation sites is 1. The zero-order valence-corrected chi connectivity index (χ0v) is 20.1. The number of rotatable bonds is 7. The minimum absolute atomic E-state index is 0.0640. The second kappa shape index (κ2) is 10.2. The second-order valence-electron chi connectivity index (χ2n) is 8.84. The Morgan fingerprint density at radius 3 is 2.65 bits per heavy atom. The van der Waals surface area contributed by atoms with Crippen molar-refractivity contribution in [2.45, 2.75) is 53.0 Å². The van der Waals surface area contributed by atoms with Crippen molar-refractivity contribution in [3.05, 3.63) is 58.3 Å². The SMILES string of the molecule is CCOC(=O)[C@@H]1CCCN(C(=O)CCCn2c(C)c3cnn(-c4ccccc4)c(=O)c3c2C)C1. The van der Waals surface area contributed by atoms with E-state index < -0.39 is 0 Å². The fourth-order valence-corrected chi connectivity index (χ4v) is 4.90. The van der Waals surface area contributed by atoms with Gasteiger partial charge >= 0.3 is 5.97 Å². The van der Waals surface area contributed by atoms with Crippen molar-refractivity contribution in [1.82, 2.24) is 19.2 Å². The van der Waals surface area contributed by atoms with Crippen LogP contribution in [0.2, 0.25) is 0 Å². The first kappa shape index (κ1) is 23.7. The van der Waals surface area contributed by atoms with E-state index in [1.165, 1.54) is 4.68 Å². The van der Waals surface area contributed by atoms with Crippen LogP contribution in [-0.4, -0.2) is 50.8 Å². The molecule has 3 heterocycles. The molecule has 1 aliphatic rings. The van der Waals surface area contributed by atoms with Gasteiger partial charge in [-0.1, -0.05) is 18.2 Å². The Balaban J connectivity index is 1.46. The number of carbonyl (C=O) groups is 2. The van der Waals surface area contributed by atoms with Gasteiger partial charge in [-0.25, -0.2) is 0 Å². The summed E-state index contributed by atoms with van der Waals surface area (Å²) in [6.07, 6.45) is 4.39. The van der Waals surface area contributed by atoms with E-state index in [0.29, 0.717) is 44.5 Å². The van der Waals surface area contributed by atoms with Gasteiger partial charge in [0, 0.05) is 42.8 Å². The maximum Gasteiger partial charge on any atom is 0.310 e. The second-order valence-corrected chi connectivity index (χ2v) is 8.84. The molecule has 1 amide bonds. The van der Waals surface area contributed by atoms with E-state index in [9.17, 15) is 14.4 Å². The highest BCUT2D eigenvalue weighted by Crippen LogP contribution is 2.24. The number of amides is 1. The Labute approximate surface area is 199 Å². The molecule has 0 N–H and O–H groups in total. The highest BCUT2D eigenvalue weighted by atomic mass is 16.5. The van der Waals surface area contributed by atoms with E-state index in [0.717, 1.165) is 35.3 Å². The van der Waals surface area contributed by atoms with Crippen molar-refractivity contribution in [3.63, 3.8) is 0 Å². The van der Waals surface area contributed by atoms with Gasteiger partial charge in [-0.05, 0) is 52.2 Å². The monoisotopic (exact) mass is 464 g/mol. The van der Waals surface area contributed by atoms with Gasteiger partial charge in [-0.2, -0.15) is 9.78 Å². The number of aromatic nitrogens is 3. The number of carbonyl (C=O) groups excluding carboxylic acids is 2. The molecule has 1 fully saturated rings. The number of piperidine rings is 1. The number of ether oxygens (including phenoxy) is 1. The molecule has 0 aliphatic carbocycles. The first-order valence-corrected chi connectivity index (χ1v) is 12.0. The van der Waals surface area contributed by atoms with Gasteiger partial charge < -0.3 is 14.2 Å². The summed E-state index contributed by atoms with van der Waals surface area (Å²) in [7, 11) is 0. The molecular formula is C26H32N4O4. The lowest BCUT2D eigenvalue weighted by Gasteiger charge is -2.31. The van der Waals surface area contributed by atoms with Crippen molar-refractivity contribution >= 4 is 22.6 Å². The molecule has 34 heavy (non-hydrogen) atoms. The maximum atomic E-state index is 13.2. The third kappa shape index (κ3) is 4.62. The predicted molar refractivity (Wildman–Crippen MR) is 130 cm³/mol. The Bertz CT molecular complexity index is 1250. The Morgan fingerprint density at radius 1 is 1.15 bits per heavy atom. The molecule has 0 bridgehead atoms. The van der Waals surface area contributed by atoms with E-state index in [-0.39, 0.29) is 23.4 Å². The molecule has 1 aliphatic heterocycles. The zero-order valence-electron chi connectivity index (χ0n) is 20.1. The van der Waals surface area contributed by atoms with Crippen molar-refractivity contribution < 1.29 is 14.3 Å². The number of aryl methyl sites for hydroxylation is 2. The number of nitrogens with zero attached hydrogens (tertiary/aromatic N) is 4. The molecule has 1 atom stereocenters. The number of hydrogen-bond acceptors (Lipinski definition) is 5. The number of likely N-dealkylation sites (tertiary alicyclic amines) is 1. The first-order valence-electron chi connectivity index (χ1n) is 12.0. The average Bonchev–Trinajstić information content (AvgIpc) is 3.10. The van der Waals surface area contributed by atoms with Gasteiger partial charge in [0.25, 0.3) is 5.56 Å². The quantitative estimate of drug-likeness (QED) is 0.501. The van der Waals surface area contributed by atoms with Gasteiger partial charge in [-0.15, -0.1) is 0 Å². The van der Waals surface area contributed by atoms with Crippen molar-refractivity contribution in [2.24, 2.45) is 5.92 Å². The maximum absolute atomic E-state index is 13.2. The minimum Gasteiger partial charge on any atom is -0.466 e. The molecule has 0 saturated carbocycles. The summed E-state index contributed by atoms with van der Waals surface area (Å²) < 4.78 is 8.67. The van der Waals surface area contributed by atoms with Crippen molar-refractivity contribution in [1.29, 1.82) is 0 Å². The van der Waals surface area contributed by atoms with E-state index in [1.54, 1.807) is 18.0 Å². The highest BCUT2D eigenvalue weighted by molar-refractivity contribution is 5.87. The van der Waals surface area contributed by atoms with Crippen LogP contribution in [0.15, 0.2) is 41.3 Å². The molecule has 0 radical (unpaired) electrons. The number of esters is 1. The lowest BCUT2D eigenvalue weighted by atomic mass is 9.98. The number of benzene rings is 1. The van der Waals surface area contributed by atoms with Gasteiger partial charge in [0.15, 0.2) is 0 Å². The largest absolute Gasteiger partial charge is 0.466 e. The fraction of sp³-hybridized carbons (Fsp3) is 0.462.